The zero-order valence-electron chi connectivity index (χ0n) is 15.4. The summed E-state index contributed by atoms with van der Waals surface area (Å²) >= 11 is 7.46. The Morgan fingerprint density at radius 1 is 1.14 bits per heavy atom. The molecule has 2 amide bonds. The van der Waals surface area contributed by atoms with Crippen molar-refractivity contribution in [2.75, 3.05) is 6.54 Å². The predicted molar refractivity (Wildman–Crippen MR) is 111 cm³/mol. The lowest BCUT2D eigenvalue weighted by molar-refractivity contribution is -0.133. The predicted octanol–water partition coefficient (Wildman–Crippen LogP) is 4.38. The molecule has 1 N–H and O–H groups in total. The first-order chi connectivity index (χ1) is 13.6. The van der Waals surface area contributed by atoms with E-state index in [-0.39, 0.29) is 11.7 Å². The van der Waals surface area contributed by atoms with Crippen molar-refractivity contribution in [3.63, 3.8) is 0 Å². The standard InChI is InChI=1S/C21H21ClN2O3S/c1-2-24(14-16-10-11-19(22)28-16)21(26)17(13-15-7-4-3-5-8-15)23-20(25)18-9-6-12-27-18/h3-12,17H,2,13-14H2,1H3,(H,23,25). The number of halogens is 1. The summed E-state index contributed by atoms with van der Waals surface area (Å²) in [5.41, 5.74) is 0.968. The number of benzene rings is 1. The summed E-state index contributed by atoms with van der Waals surface area (Å²) in [5.74, 6) is -0.371. The Kier molecular flexibility index (Phi) is 6.90. The molecule has 0 fully saturated rings. The summed E-state index contributed by atoms with van der Waals surface area (Å²) in [4.78, 5) is 28.5. The zero-order valence-corrected chi connectivity index (χ0v) is 17.0. The number of thiophene rings is 1. The van der Waals surface area contributed by atoms with Gasteiger partial charge in [0, 0.05) is 17.8 Å². The van der Waals surface area contributed by atoms with Gasteiger partial charge in [-0.25, -0.2) is 0 Å². The highest BCUT2D eigenvalue weighted by molar-refractivity contribution is 7.16. The van der Waals surface area contributed by atoms with E-state index in [0.717, 1.165) is 10.4 Å². The van der Waals surface area contributed by atoms with Gasteiger partial charge in [-0.2, -0.15) is 0 Å². The smallest absolute Gasteiger partial charge is 0.287 e. The zero-order chi connectivity index (χ0) is 19.9. The quantitative estimate of drug-likeness (QED) is 0.592. The van der Waals surface area contributed by atoms with Crippen LogP contribution in [0, 0.1) is 0 Å². The lowest BCUT2D eigenvalue weighted by atomic mass is 10.0. The van der Waals surface area contributed by atoms with Gasteiger partial charge in [-0.3, -0.25) is 9.59 Å². The van der Waals surface area contributed by atoms with Crippen molar-refractivity contribution in [3.8, 4) is 0 Å². The molecule has 3 rings (SSSR count). The molecule has 2 aromatic heterocycles. The van der Waals surface area contributed by atoms with Gasteiger partial charge in [-0.1, -0.05) is 41.9 Å². The fourth-order valence-electron chi connectivity index (χ4n) is 2.88. The molecule has 0 aliphatic rings. The second kappa shape index (κ2) is 9.57. The molecule has 2 heterocycles. The molecule has 1 unspecified atom stereocenters. The Bertz CT molecular complexity index is 909. The highest BCUT2D eigenvalue weighted by atomic mass is 35.5. The van der Waals surface area contributed by atoms with Crippen molar-refractivity contribution in [1.82, 2.24) is 10.2 Å². The molecule has 0 spiro atoms. The highest BCUT2D eigenvalue weighted by Gasteiger charge is 2.27. The Balaban J connectivity index is 1.78. The van der Waals surface area contributed by atoms with Crippen LogP contribution in [0.25, 0.3) is 0 Å². The molecule has 146 valence electrons. The van der Waals surface area contributed by atoms with E-state index in [0.29, 0.717) is 23.8 Å². The molecule has 0 aliphatic heterocycles. The first-order valence-corrected chi connectivity index (χ1v) is 10.2. The van der Waals surface area contributed by atoms with Gasteiger partial charge in [-0.15, -0.1) is 11.3 Å². The van der Waals surface area contributed by atoms with Crippen molar-refractivity contribution in [2.24, 2.45) is 0 Å². The Labute approximate surface area is 172 Å². The van der Waals surface area contributed by atoms with Crippen molar-refractivity contribution in [1.29, 1.82) is 0 Å². The van der Waals surface area contributed by atoms with E-state index in [4.69, 9.17) is 16.0 Å². The average Bonchev–Trinajstić information content (AvgIpc) is 3.38. The third kappa shape index (κ3) is 5.24. The number of carbonyl (C=O) groups excluding carboxylic acids is 2. The average molecular weight is 417 g/mol. The van der Waals surface area contributed by atoms with E-state index < -0.39 is 11.9 Å². The summed E-state index contributed by atoms with van der Waals surface area (Å²) in [6.07, 6.45) is 1.83. The number of hydrogen-bond acceptors (Lipinski definition) is 4. The van der Waals surface area contributed by atoms with Crippen molar-refractivity contribution < 1.29 is 14.0 Å². The van der Waals surface area contributed by atoms with Gasteiger partial charge in [-0.05, 0) is 36.8 Å². The lowest BCUT2D eigenvalue weighted by Gasteiger charge is -2.26. The van der Waals surface area contributed by atoms with E-state index >= 15 is 0 Å². The van der Waals surface area contributed by atoms with Crippen molar-refractivity contribution in [2.45, 2.75) is 25.9 Å². The fourth-order valence-corrected chi connectivity index (χ4v) is 3.98. The van der Waals surface area contributed by atoms with Crippen LogP contribution in [0.15, 0.2) is 65.3 Å². The maximum Gasteiger partial charge on any atom is 0.287 e. The topological polar surface area (TPSA) is 62.6 Å². The Morgan fingerprint density at radius 3 is 2.54 bits per heavy atom. The number of hydrogen-bond donors (Lipinski definition) is 1. The molecule has 28 heavy (non-hydrogen) atoms. The van der Waals surface area contributed by atoms with Crippen LogP contribution >= 0.6 is 22.9 Å². The first-order valence-electron chi connectivity index (χ1n) is 8.98. The maximum atomic E-state index is 13.2. The van der Waals surface area contributed by atoms with Crippen LogP contribution in [-0.4, -0.2) is 29.3 Å². The maximum absolute atomic E-state index is 13.2. The van der Waals surface area contributed by atoms with Gasteiger partial charge < -0.3 is 14.6 Å². The van der Waals surface area contributed by atoms with Gasteiger partial charge in [0.15, 0.2) is 5.76 Å². The number of likely N-dealkylation sites (N-methyl/N-ethyl adjacent to an activating group) is 1. The van der Waals surface area contributed by atoms with Crippen LogP contribution in [-0.2, 0) is 17.8 Å². The number of nitrogens with one attached hydrogen (secondary N) is 1. The number of furan rings is 1. The van der Waals surface area contributed by atoms with Crippen LogP contribution in [0.1, 0.15) is 27.9 Å². The minimum Gasteiger partial charge on any atom is -0.459 e. The minimum atomic E-state index is -0.699. The minimum absolute atomic E-state index is 0.143. The Hall–Kier alpha value is -2.57. The van der Waals surface area contributed by atoms with Gasteiger partial charge in [0.25, 0.3) is 5.91 Å². The fraction of sp³-hybridized carbons (Fsp3) is 0.238. The third-order valence-electron chi connectivity index (χ3n) is 4.30. The SMILES string of the molecule is CCN(Cc1ccc(Cl)s1)C(=O)C(Cc1ccccc1)NC(=O)c1ccco1. The molecular weight excluding hydrogens is 396 g/mol. The first kappa shape index (κ1) is 20.2. The largest absolute Gasteiger partial charge is 0.459 e. The number of rotatable bonds is 8. The van der Waals surface area contributed by atoms with E-state index in [1.54, 1.807) is 17.0 Å². The summed E-state index contributed by atoms with van der Waals surface area (Å²) < 4.78 is 5.85. The van der Waals surface area contributed by atoms with E-state index in [2.05, 4.69) is 5.32 Å². The summed E-state index contributed by atoms with van der Waals surface area (Å²) in [6.45, 7) is 2.89. The van der Waals surface area contributed by atoms with Crippen LogP contribution in [0.4, 0.5) is 0 Å². The van der Waals surface area contributed by atoms with Crippen molar-refractivity contribution in [3.05, 3.63) is 81.4 Å². The molecule has 0 radical (unpaired) electrons. The van der Waals surface area contributed by atoms with E-state index in [1.807, 2.05) is 49.4 Å². The third-order valence-corrected chi connectivity index (χ3v) is 5.52. The molecule has 0 saturated carbocycles. The highest BCUT2D eigenvalue weighted by Crippen LogP contribution is 2.23. The lowest BCUT2D eigenvalue weighted by Crippen LogP contribution is -2.49. The molecule has 0 saturated heterocycles. The summed E-state index contributed by atoms with van der Waals surface area (Å²) in [6, 6.07) is 15.9. The van der Waals surface area contributed by atoms with Crippen molar-refractivity contribution >= 4 is 34.8 Å². The van der Waals surface area contributed by atoms with Crippen LogP contribution in [0.2, 0.25) is 4.34 Å². The molecule has 1 aromatic carbocycles. The van der Waals surface area contributed by atoms with Crippen LogP contribution < -0.4 is 5.32 Å². The monoisotopic (exact) mass is 416 g/mol. The van der Waals surface area contributed by atoms with Crippen LogP contribution in [0.5, 0.6) is 0 Å². The van der Waals surface area contributed by atoms with Crippen LogP contribution in [0.3, 0.4) is 0 Å². The molecule has 7 heteroatoms. The molecule has 1 atom stereocenters. The molecule has 0 aliphatic carbocycles. The summed E-state index contributed by atoms with van der Waals surface area (Å²) in [5, 5.41) is 2.83. The number of amides is 2. The molecule has 5 nitrogen and oxygen atoms in total. The number of carbonyl (C=O) groups is 2. The number of nitrogens with zero attached hydrogens (tertiary/aromatic N) is 1. The van der Waals surface area contributed by atoms with Gasteiger partial charge in [0.1, 0.15) is 6.04 Å². The molecule has 3 aromatic rings. The van der Waals surface area contributed by atoms with Gasteiger partial charge in [0.2, 0.25) is 5.91 Å². The normalized spacial score (nSPS) is 11.8. The van der Waals surface area contributed by atoms with Gasteiger partial charge in [0.05, 0.1) is 17.1 Å². The van der Waals surface area contributed by atoms with Gasteiger partial charge >= 0.3 is 0 Å². The second-order valence-electron chi connectivity index (χ2n) is 6.25. The van der Waals surface area contributed by atoms with E-state index in [9.17, 15) is 9.59 Å². The molecule has 0 bridgehead atoms. The molecular formula is C21H21ClN2O3S. The summed E-state index contributed by atoms with van der Waals surface area (Å²) in [7, 11) is 0. The second-order valence-corrected chi connectivity index (χ2v) is 8.05. The Morgan fingerprint density at radius 2 is 1.93 bits per heavy atom. The van der Waals surface area contributed by atoms with E-state index in [1.165, 1.54) is 17.6 Å².